The summed E-state index contributed by atoms with van der Waals surface area (Å²) in [6.07, 6.45) is -3.07. The number of hydrogen-bond donors (Lipinski definition) is 2. The van der Waals surface area contributed by atoms with Crippen molar-refractivity contribution in [2.75, 3.05) is 5.32 Å². The van der Waals surface area contributed by atoms with Gasteiger partial charge >= 0.3 is 6.18 Å². The van der Waals surface area contributed by atoms with Gasteiger partial charge in [-0.05, 0) is 30.3 Å². The molecular weight excluding hydrogens is 437 g/mol. The Morgan fingerprint density at radius 2 is 1.85 bits per heavy atom. The molecule has 0 unspecified atom stereocenters. The summed E-state index contributed by atoms with van der Waals surface area (Å²) >= 11 is 23.2. The molecule has 0 bridgehead atoms. The molecule has 11 heteroatoms. The summed E-state index contributed by atoms with van der Waals surface area (Å²) in [5.41, 5.74) is -0.681. The zero-order valence-electron chi connectivity index (χ0n) is 12.6. The smallest absolute Gasteiger partial charge is 0.362 e. The average molecular weight is 447 g/mol. The molecular formula is C15H10Cl4F3N3O. The minimum atomic E-state index is -4.60. The van der Waals surface area contributed by atoms with Crippen LogP contribution < -0.4 is 10.6 Å². The molecule has 4 nitrogen and oxygen atoms in total. The fourth-order valence-electron chi connectivity index (χ4n) is 1.91. The lowest BCUT2D eigenvalue weighted by molar-refractivity contribution is -0.137. The fourth-order valence-corrected chi connectivity index (χ4v) is 2.53. The van der Waals surface area contributed by atoms with Crippen molar-refractivity contribution >= 4 is 58.0 Å². The third-order valence-corrected chi connectivity index (χ3v) is 4.08. The van der Waals surface area contributed by atoms with Crippen molar-refractivity contribution < 1.29 is 18.0 Å². The van der Waals surface area contributed by atoms with Gasteiger partial charge in [0.25, 0.3) is 5.91 Å². The Labute approximate surface area is 166 Å². The third-order valence-electron chi connectivity index (χ3n) is 3.11. The van der Waals surface area contributed by atoms with Gasteiger partial charge in [0.1, 0.15) is 6.17 Å². The Hall–Kier alpha value is -1.41. The number of carbonyl (C=O) groups is 1. The molecule has 2 aromatic rings. The molecule has 140 valence electrons. The molecule has 0 aliphatic carbocycles. The Bertz CT molecular complexity index is 782. The monoisotopic (exact) mass is 445 g/mol. The lowest BCUT2D eigenvalue weighted by Gasteiger charge is -2.27. The number of rotatable bonds is 4. The van der Waals surface area contributed by atoms with Crippen LogP contribution in [-0.2, 0) is 6.18 Å². The largest absolute Gasteiger partial charge is 0.417 e. The molecule has 2 N–H and O–H groups in total. The SMILES string of the molecule is O=C(N[C@H](Nc1ccc(C(F)(F)F)c(Cl)c1)C(Cl)(Cl)Cl)c1cccnc1. The molecule has 0 spiro atoms. The topological polar surface area (TPSA) is 54.0 Å². The van der Waals surface area contributed by atoms with E-state index in [1.54, 1.807) is 6.07 Å². The lowest BCUT2D eigenvalue weighted by atomic mass is 10.2. The summed E-state index contributed by atoms with van der Waals surface area (Å²) < 4.78 is 36.3. The van der Waals surface area contributed by atoms with E-state index in [4.69, 9.17) is 46.4 Å². The first-order valence-electron chi connectivity index (χ1n) is 6.89. The number of aromatic nitrogens is 1. The Morgan fingerprint density at radius 1 is 1.15 bits per heavy atom. The second-order valence-corrected chi connectivity index (χ2v) is 7.80. The van der Waals surface area contributed by atoms with Crippen molar-refractivity contribution in [2.45, 2.75) is 16.1 Å². The predicted octanol–water partition coefficient (Wildman–Crippen LogP) is 5.29. The highest BCUT2D eigenvalue weighted by molar-refractivity contribution is 6.68. The second-order valence-electron chi connectivity index (χ2n) is 5.03. The van der Waals surface area contributed by atoms with Gasteiger partial charge in [-0.15, -0.1) is 0 Å². The molecule has 2 rings (SSSR count). The molecule has 0 saturated heterocycles. The zero-order chi connectivity index (χ0) is 19.5. The van der Waals surface area contributed by atoms with Crippen molar-refractivity contribution in [3.8, 4) is 0 Å². The van der Waals surface area contributed by atoms with Gasteiger partial charge in [0.15, 0.2) is 0 Å². The van der Waals surface area contributed by atoms with E-state index >= 15 is 0 Å². The van der Waals surface area contributed by atoms with E-state index in [0.717, 1.165) is 18.2 Å². The summed E-state index contributed by atoms with van der Waals surface area (Å²) in [7, 11) is 0. The van der Waals surface area contributed by atoms with Crippen LogP contribution in [-0.4, -0.2) is 20.8 Å². The van der Waals surface area contributed by atoms with E-state index in [1.165, 1.54) is 18.5 Å². The number of nitrogens with one attached hydrogen (secondary N) is 2. The van der Waals surface area contributed by atoms with Gasteiger partial charge in [0, 0.05) is 18.1 Å². The number of hydrogen-bond acceptors (Lipinski definition) is 3. The normalized spacial score (nSPS) is 13.2. The minimum Gasteiger partial charge on any atom is -0.362 e. The summed E-state index contributed by atoms with van der Waals surface area (Å²) in [5.74, 6) is -0.597. The van der Waals surface area contributed by atoms with Crippen molar-refractivity contribution in [1.82, 2.24) is 10.3 Å². The van der Waals surface area contributed by atoms with Gasteiger partial charge in [0.05, 0.1) is 16.1 Å². The van der Waals surface area contributed by atoms with Gasteiger partial charge in [-0.1, -0.05) is 46.4 Å². The number of halogens is 7. The number of pyridine rings is 1. The van der Waals surface area contributed by atoms with Crippen molar-refractivity contribution in [1.29, 1.82) is 0 Å². The minimum absolute atomic E-state index is 0.116. The fraction of sp³-hybridized carbons (Fsp3) is 0.200. The first-order chi connectivity index (χ1) is 12.0. The Balaban J connectivity index is 2.21. The highest BCUT2D eigenvalue weighted by atomic mass is 35.6. The molecule has 0 fully saturated rings. The summed E-state index contributed by atoms with van der Waals surface area (Å²) in [6, 6.07) is 5.94. The number of alkyl halides is 6. The van der Waals surface area contributed by atoms with Crippen LogP contribution in [0.4, 0.5) is 18.9 Å². The highest BCUT2D eigenvalue weighted by Crippen LogP contribution is 2.37. The number of amides is 1. The molecule has 26 heavy (non-hydrogen) atoms. The molecule has 0 aliphatic rings. The van der Waals surface area contributed by atoms with Gasteiger partial charge in [-0.3, -0.25) is 9.78 Å². The van der Waals surface area contributed by atoms with Crippen LogP contribution in [0.2, 0.25) is 5.02 Å². The first kappa shape index (κ1) is 20.9. The maximum absolute atomic E-state index is 12.8. The molecule has 1 amide bonds. The summed E-state index contributed by atoms with van der Waals surface area (Å²) in [5, 5.41) is 4.54. The maximum atomic E-state index is 12.8. The standard InChI is InChI=1S/C15H10Cl4F3N3O/c16-11-6-9(3-4-10(11)15(20,21)22)24-13(14(17,18)19)25-12(26)8-2-1-5-23-7-8/h1-7,13,24H,(H,25,26)/t13-/m0/s1. The lowest BCUT2D eigenvalue weighted by Crippen LogP contribution is -2.49. The van der Waals surface area contributed by atoms with Crippen LogP contribution in [0, 0.1) is 0 Å². The van der Waals surface area contributed by atoms with Crippen LogP contribution >= 0.6 is 46.4 Å². The Morgan fingerprint density at radius 3 is 2.35 bits per heavy atom. The molecule has 1 heterocycles. The van der Waals surface area contributed by atoms with E-state index in [-0.39, 0.29) is 11.3 Å². The maximum Gasteiger partial charge on any atom is 0.417 e. The van der Waals surface area contributed by atoms with Crippen molar-refractivity contribution in [2.24, 2.45) is 0 Å². The van der Waals surface area contributed by atoms with E-state index in [1.807, 2.05) is 0 Å². The van der Waals surface area contributed by atoms with Crippen molar-refractivity contribution in [3.63, 3.8) is 0 Å². The molecule has 0 aliphatic heterocycles. The van der Waals surface area contributed by atoms with E-state index in [9.17, 15) is 18.0 Å². The van der Waals surface area contributed by atoms with Crippen molar-refractivity contribution in [3.05, 3.63) is 58.9 Å². The molecule has 0 radical (unpaired) electrons. The van der Waals surface area contributed by atoms with Crippen LogP contribution in [0.25, 0.3) is 0 Å². The van der Waals surface area contributed by atoms with Gasteiger partial charge in [-0.2, -0.15) is 13.2 Å². The quantitative estimate of drug-likeness (QED) is 0.495. The number of anilines is 1. The van der Waals surface area contributed by atoms with Crippen LogP contribution in [0.3, 0.4) is 0 Å². The number of benzene rings is 1. The molecule has 1 aromatic heterocycles. The number of carbonyl (C=O) groups excluding carboxylic acids is 1. The van der Waals surface area contributed by atoms with E-state index in [2.05, 4.69) is 15.6 Å². The Kier molecular flexibility index (Phi) is 6.50. The predicted molar refractivity (Wildman–Crippen MR) is 95.9 cm³/mol. The van der Waals surface area contributed by atoms with Crippen LogP contribution in [0.1, 0.15) is 15.9 Å². The average Bonchev–Trinajstić information content (AvgIpc) is 2.53. The van der Waals surface area contributed by atoms with Gasteiger partial charge in [0.2, 0.25) is 3.79 Å². The summed E-state index contributed by atoms with van der Waals surface area (Å²) in [4.78, 5) is 16.0. The van der Waals surface area contributed by atoms with E-state index < -0.39 is 32.6 Å². The second kappa shape index (κ2) is 8.08. The number of nitrogens with zero attached hydrogens (tertiary/aromatic N) is 1. The summed E-state index contributed by atoms with van der Waals surface area (Å²) in [6.45, 7) is 0. The third kappa shape index (κ3) is 5.54. The zero-order valence-corrected chi connectivity index (χ0v) is 15.6. The van der Waals surface area contributed by atoms with E-state index in [0.29, 0.717) is 0 Å². The molecule has 1 atom stereocenters. The van der Waals surface area contributed by atoms with Gasteiger partial charge < -0.3 is 10.6 Å². The molecule has 0 saturated carbocycles. The van der Waals surface area contributed by atoms with Crippen LogP contribution in [0.15, 0.2) is 42.7 Å². The van der Waals surface area contributed by atoms with Gasteiger partial charge in [-0.25, -0.2) is 0 Å². The highest BCUT2D eigenvalue weighted by Gasteiger charge is 2.36. The van der Waals surface area contributed by atoms with Crippen LogP contribution in [0.5, 0.6) is 0 Å². The first-order valence-corrected chi connectivity index (χ1v) is 8.40. The molecule has 1 aromatic carbocycles.